The third-order valence-corrected chi connectivity index (χ3v) is 2.98. The van der Waals surface area contributed by atoms with E-state index in [1.165, 1.54) is 0 Å². The quantitative estimate of drug-likeness (QED) is 0.734. The van der Waals surface area contributed by atoms with E-state index in [-0.39, 0.29) is 12.1 Å². The molecule has 0 saturated carbocycles. The van der Waals surface area contributed by atoms with E-state index < -0.39 is 0 Å². The molecule has 1 aliphatic heterocycles. The van der Waals surface area contributed by atoms with Crippen molar-refractivity contribution in [3.05, 3.63) is 0 Å². The van der Waals surface area contributed by atoms with Crippen LogP contribution < -0.4 is 5.73 Å². The Morgan fingerprint density at radius 3 is 2.64 bits per heavy atom. The Labute approximate surface area is 86.9 Å². The summed E-state index contributed by atoms with van der Waals surface area (Å²) in [5, 5.41) is 0. The van der Waals surface area contributed by atoms with E-state index >= 15 is 0 Å². The van der Waals surface area contributed by atoms with Crippen LogP contribution in [0.25, 0.3) is 0 Å². The number of ether oxygens (including phenoxy) is 2. The highest BCUT2D eigenvalue weighted by molar-refractivity contribution is 4.75. The molecule has 0 aromatic rings. The van der Waals surface area contributed by atoms with E-state index in [9.17, 15) is 0 Å². The summed E-state index contributed by atoms with van der Waals surface area (Å²) >= 11 is 0. The second-order valence-corrected chi connectivity index (χ2v) is 4.12. The molecule has 0 amide bonds. The number of hydrogen-bond donors (Lipinski definition) is 1. The van der Waals surface area contributed by atoms with Gasteiger partial charge in [0.1, 0.15) is 0 Å². The maximum Gasteiger partial charge on any atom is 0.0697 e. The van der Waals surface area contributed by atoms with Gasteiger partial charge in [-0.25, -0.2) is 0 Å². The van der Waals surface area contributed by atoms with Crippen LogP contribution in [0.3, 0.4) is 0 Å². The fraction of sp³-hybridized carbons (Fsp3) is 1.00. The van der Waals surface area contributed by atoms with E-state index in [4.69, 9.17) is 15.2 Å². The summed E-state index contributed by atoms with van der Waals surface area (Å²) in [6.07, 6.45) is 3.58. The lowest BCUT2D eigenvalue weighted by atomic mass is 9.91. The molecule has 0 aliphatic carbocycles. The lowest BCUT2D eigenvalue weighted by molar-refractivity contribution is 0.0316. The molecule has 1 heterocycles. The van der Waals surface area contributed by atoms with Crippen LogP contribution in [0.2, 0.25) is 0 Å². The van der Waals surface area contributed by atoms with Crippen LogP contribution in [0.4, 0.5) is 0 Å². The van der Waals surface area contributed by atoms with Crippen molar-refractivity contribution < 1.29 is 9.47 Å². The van der Waals surface area contributed by atoms with Crippen LogP contribution in [0.15, 0.2) is 0 Å². The Bertz CT molecular complexity index is 146. The van der Waals surface area contributed by atoms with E-state index in [0.717, 1.165) is 45.0 Å². The first-order valence-corrected chi connectivity index (χ1v) is 5.69. The van der Waals surface area contributed by atoms with Gasteiger partial charge >= 0.3 is 0 Å². The topological polar surface area (TPSA) is 44.5 Å². The fourth-order valence-electron chi connectivity index (χ4n) is 1.95. The summed E-state index contributed by atoms with van der Waals surface area (Å²) in [6.45, 7) is 6.63. The van der Waals surface area contributed by atoms with Crippen LogP contribution in [-0.2, 0) is 9.47 Å². The van der Waals surface area contributed by atoms with Crippen molar-refractivity contribution >= 4 is 0 Å². The molecule has 2 N–H and O–H groups in total. The molecular weight excluding hydrogens is 178 g/mol. The molecule has 1 fully saturated rings. The summed E-state index contributed by atoms with van der Waals surface area (Å²) in [5.41, 5.74) is 6.07. The van der Waals surface area contributed by atoms with Gasteiger partial charge in [-0.1, -0.05) is 0 Å². The SMILES string of the molecule is CCOC(C)C(N)CC1CCOCC1. The molecular formula is C11H23NO2. The van der Waals surface area contributed by atoms with Crippen molar-refractivity contribution in [1.82, 2.24) is 0 Å². The predicted molar refractivity (Wildman–Crippen MR) is 57.2 cm³/mol. The zero-order valence-electron chi connectivity index (χ0n) is 9.37. The highest BCUT2D eigenvalue weighted by Crippen LogP contribution is 2.20. The maximum absolute atomic E-state index is 6.07. The zero-order valence-corrected chi connectivity index (χ0v) is 9.37. The third kappa shape index (κ3) is 3.95. The first-order valence-electron chi connectivity index (χ1n) is 5.69. The second kappa shape index (κ2) is 6.38. The average Bonchev–Trinajstić information content (AvgIpc) is 2.19. The van der Waals surface area contributed by atoms with Gasteiger partial charge in [-0.3, -0.25) is 0 Å². The van der Waals surface area contributed by atoms with E-state index in [2.05, 4.69) is 6.92 Å². The van der Waals surface area contributed by atoms with Crippen LogP contribution in [0.1, 0.15) is 33.1 Å². The van der Waals surface area contributed by atoms with Crippen molar-refractivity contribution in [2.24, 2.45) is 11.7 Å². The molecule has 0 aromatic heterocycles. The highest BCUT2D eigenvalue weighted by atomic mass is 16.5. The van der Waals surface area contributed by atoms with Crippen molar-refractivity contribution in [2.75, 3.05) is 19.8 Å². The number of nitrogens with two attached hydrogens (primary N) is 1. The summed E-state index contributed by atoms with van der Waals surface area (Å²) in [7, 11) is 0. The standard InChI is InChI=1S/C11H23NO2/c1-3-14-9(2)11(12)8-10-4-6-13-7-5-10/h9-11H,3-8,12H2,1-2H3. The van der Waals surface area contributed by atoms with Gasteiger partial charge in [0.05, 0.1) is 6.10 Å². The van der Waals surface area contributed by atoms with Gasteiger partial charge in [0.2, 0.25) is 0 Å². The summed E-state index contributed by atoms with van der Waals surface area (Å²) in [4.78, 5) is 0. The first kappa shape index (κ1) is 12.0. The van der Waals surface area contributed by atoms with E-state index in [1.54, 1.807) is 0 Å². The van der Waals surface area contributed by atoms with Gasteiger partial charge < -0.3 is 15.2 Å². The summed E-state index contributed by atoms with van der Waals surface area (Å²) in [5.74, 6) is 0.738. The second-order valence-electron chi connectivity index (χ2n) is 4.12. The molecule has 1 rings (SSSR count). The van der Waals surface area contributed by atoms with Crippen molar-refractivity contribution in [3.63, 3.8) is 0 Å². The zero-order chi connectivity index (χ0) is 10.4. The van der Waals surface area contributed by atoms with Crippen molar-refractivity contribution in [2.45, 2.75) is 45.3 Å². The predicted octanol–water partition coefficient (Wildman–Crippen LogP) is 1.56. The molecule has 14 heavy (non-hydrogen) atoms. The number of rotatable bonds is 5. The molecule has 1 saturated heterocycles. The molecule has 84 valence electrons. The minimum Gasteiger partial charge on any atom is -0.381 e. The minimum atomic E-state index is 0.179. The summed E-state index contributed by atoms with van der Waals surface area (Å²) in [6, 6.07) is 0.179. The maximum atomic E-state index is 6.07. The monoisotopic (exact) mass is 201 g/mol. The van der Waals surface area contributed by atoms with Gasteiger partial charge in [-0.2, -0.15) is 0 Å². The molecule has 3 nitrogen and oxygen atoms in total. The molecule has 2 atom stereocenters. The minimum absolute atomic E-state index is 0.179. The van der Waals surface area contributed by atoms with Crippen LogP contribution in [0.5, 0.6) is 0 Å². The average molecular weight is 201 g/mol. The van der Waals surface area contributed by atoms with Gasteiger partial charge in [0.25, 0.3) is 0 Å². The van der Waals surface area contributed by atoms with Crippen LogP contribution >= 0.6 is 0 Å². The van der Waals surface area contributed by atoms with Gasteiger partial charge in [-0.05, 0) is 39.0 Å². The molecule has 1 aliphatic rings. The Kier molecular flexibility index (Phi) is 5.45. The highest BCUT2D eigenvalue weighted by Gasteiger charge is 2.20. The lowest BCUT2D eigenvalue weighted by Gasteiger charge is -2.27. The fourth-order valence-corrected chi connectivity index (χ4v) is 1.95. The molecule has 0 aromatic carbocycles. The Morgan fingerprint density at radius 1 is 1.43 bits per heavy atom. The Hall–Kier alpha value is -0.120. The molecule has 0 radical (unpaired) electrons. The largest absolute Gasteiger partial charge is 0.381 e. The van der Waals surface area contributed by atoms with Crippen molar-refractivity contribution in [1.29, 1.82) is 0 Å². The number of hydrogen-bond acceptors (Lipinski definition) is 3. The van der Waals surface area contributed by atoms with Crippen LogP contribution in [-0.4, -0.2) is 32.0 Å². The van der Waals surface area contributed by atoms with Crippen molar-refractivity contribution in [3.8, 4) is 0 Å². The first-order chi connectivity index (χ1) is 6.74. The van der Waals surface area contributed by atoms with Gasteiger partial charge in [0, 0.05) is 25.9 Å². The van der Waals surface area contributed by atoms with Gasteiger partial charge in [-0.15, -0.1) is 0 Å². The van der Waals surface area contributed by atoms with Gasteiger partial charge in [0.15, 0.2) is 0 Å². The summed E-state index contributed by atoms with van der Waals surface area (Å²) < 4.78 is 10.8. The smallest absolute Gasteiger partial charge is 0.0697 e. The molecule has 0 bridgehead atoms. The third-order valence-electron chi connectivity index (χ3n) is 2.98. The normalized spacial score (nSPS) is 23.4. The lowest BCUT2D eigenvalue weighted by Crippen LogP contribution is -2.37. The van der Waals surface area contributed by atoms with Crippen LogP contribution in [0, 0.1) is 5.92 Å². The van der Waals surface area contributed by atoms with E-state index in [0.29, 0.717) is 0 Å². The molecule has 2 unspecified atom stereocenters. The molecule has 0 spiro atoms. The van der Waals surface area contributed by atoms with E-state index in [1.807, 2.05) is 6.92 Å². The molecule has 3 heteroatoms. The Morgan fingerprint density at radius 2 is 2.07 bits per heavy atom. The Balaban J connectivity index is 2.20.